The van der Waals surface area contributed by atoms with E-state index < -0.39 is 194 Å². The van der Waals surface area contributed by atoms with Gasteiger partial charge < -0.3 is 111 Å². The highest BCUT2D eigenvalue weighted by atomic mass is 16.3. The molecule has 0 aliphatic carbocycles. The number of primary amides is 1. The second-order valence-corrected chi connectivity index (χ2v) is 29.1. The minimum atomic E-state index is -1.63. The maximum atomic E-state index is 13.8. The Morgan fingerprint density at radius 3 is 1.00 bits per heavy atom. The molecule has 0 aliphatic heterocycles. The number of hydrogen-bond donors (Lipinski definition) is 21. The summed E-state index contributed by atoms with van der Waals surface area (Å²) in [7, 11) is 0. The van der Waals surface area contributed by atoms with Crippen LogP contribution in [-0.4, -0.2) is 259 Å². The van der Waals surface area contributed by atoms with E-state index in [0.717, 1.165) is 6.20 Å². The number of rotatable bonds is 47. The molecule has 0 fully saturated rings. The van der Waals surface area contributed by atoms with Gasteiger partial charge in [0.05, 0.1) is 145 Å². The predicted octanol–water partition coefficient (Wildman–Crippen LogP) is -4.51. The monoisotopic (exact) mass is 1730 g/mol. The molecule has 0 unspecified atom stereocenters. The summed E-state index contributed by atoms with van der Waals surface area (Å²) in [5.74, 6) is -13.3. The summed E-state index contributed by atoms with van der Waals surface area (Å²) < 4.78 is 0. The number of aromatic nitrogens is 6. The topological polar surface area (TPSA) is 676 Å². The number of amides is 18. The standard InChI is InChI=1S/C80H102N24O21/c1-41(2)25-60(100-67(113)35-83-45(7)108)78(123)97-51-16-22-57(89-31-51)53-18-12-47(27-85-53)72(117)102-62(39-105)76(121)92-34-65(111)82-24-10-9-11-59(75(120)93-37-66(112)95-43(5)71(116)96-50-15-21-56(88-30-50)55-20-14-49(29-87-55)74(119)104-70(44(6)107)80(125)91-33-64(81)110)99-69(115)38-94-77(122)63(40-106)103-73(118)48-13-19-54(86-28-48)58-23-17-52(32-90-58)98-79(124)61(26-42(3)4)101-68(114)36-84-46(8)109/h12-23,27-32,41-44,59-63,70,105-107H,9-11,24-26,33-40H2,1-8H3,(H2,81,110)(H,82,111)(H,83,108)(H,84,109)(H,91,125)(H,92,121)(H,93,120)(H,94,122)(H,95,112)(H,96,116)(H,97,123)(H,98,124)(H,99,115)(H,100,113)(H,101,114)(H,102,117)(H,103,118)(H,104,119)/t43-,44-,59-,60-,61-,62-,63-,70-/m0/s1. The normalized spacial score (nSPS) is 12.7. The lowest BCUT2D eigenvalue weighted by Crippen LogP contribution is -2.54. The van der Waals surface area contributed by atoms with Crippen LogP contribution in [0.3, 0.4) is 0 Å². The fourth-order valence-electron chi connectivity index (χ4n) is 11.2. The van der Waals surface area contributed by atoms with Gasteiger partial charge in [0.15, 0.2) is 0 Å². The van der Waals surface area contributed by atoms with Crippen LogP contribution in [0, 0.1) is 11.8 Å². The van der Waals surface area contributed by atoms with Crippen LogP contribution in [0.1, 0.15) is 119 Å². The molecule has 6 aromatic heterocycles. The second kappa shape index (κ2) is 49.8. The number of hydrogen-bond acceptors (Lipinski definition) is 27. The average molecular weight is 1740 g/mol. The quantitative estimate of drug-likeness (QED) is 0.0160. The molecule has 6 aromatic rings. The first kappa shape index (κ1) is 99.1. The van der Waals surface area contributed by atoms with Crippen molar-refractivity contribution in [2.75, 3.05) is 75.0 Å². The lowest BCUT2D eigenvalue weighted by molar-refractivity contribution is -0.131. The molecule has 125 heavy (non-hydrogen) atoms. The van der Waals surface area contributed by atoms with Crippen LogP contribution >= 0.6 is 0 Å². The van der Waals surface area contributed by atoms with Gasteiger partial charge in [0.25, 0.3) is 17.7 Å². The third-order valence-corrected chi connectivity index (χ3v) is 17.7. The van der Waals surface area contributed by atoms with Crippen LogP contribution in [0.15, 0.2) is 110 Å². The van der Waals surface area contributed by atoms with Crippen LogP contribution in [0.4, 0.5) is 17.1 Å². The van der Waals surface area contributed by atoms with E-state index in [1.165, 1.54) is 119 Å². The SMILES string of the molecule is CC(=O)NCC(=O)N[C@@H](CC(C)C)C(=O)Nc1ccc(-c2ccc(C(=O)N[C@@H](CO)C(=O)NCC(=O)NCCCC[C@H](NC(=O)CNC(=O)[C@H](CO)NC(=O)c3ccc(-c4ccc(NC(=O)[C@H](CC(C)C)NC(=O)CNC(C)=O)cn4)nc3)C(=O)NCC(=O)N[C@@H](C)C(=O)Nc3ccc(-c4ccc(C(=O)N[C@H](C(=O)NCC(N)=O)[C@H](C)O)cn4)nc3)cn2)nc1. The van der Waals surface area contributed by atoms with Gasteiger partial charge in [-0.15, -0.1) is 0 Å². The minimum absolute atomic E-state index is 0.000592. The van der Waals surface area contributed by atoms with Gasteiger partial charge in [-0.2, -0.15) is 0 Å². The van der Waals surface area contributed by atoms with E-state index in [2.05, 4.69) is 120 Å². The number of nitrogens with one attached hydrogen (secondary N) is 17. The minimum Gasteiger partial charge on any atom is -0.394 e. The molecule has 6 rings (SSSR count). The van der Waals surface area contributed by atoms with Crippen molar-refractivity contribution in [3.8, 4) is 34.2 Å². The Labute approximate surface area is 715 Å². The summed E-state index contributed by atoms with van der Waals surface area (Å²) >= 11 is 0. The molecule has 18 amide bonds. The average Bonchev–Trinajstić information content (AvgIpc) is 0.842. The fourth-order valence-corrected chi connectivity index (χ4v) is 11.2. The lowest BCUT2D eigenvalue weighted by atomic mass is 10.0. The molecule has 0 spiro atoms. The number of nitrogens with two attached hydrogens (primary N) is 1. The predicted molar refractivity (Wildman–Crippen MR) is 446 cm³/mol. The summed E-state index contributed by atoms with van der Waals surface area (Å²) in [5, 5.41) is 72.1. The molecule has 0 radical (unpaired) electrons. The van der Waals surface area contributed by atoms with Crippen LogP contribution in [-0.2, 0) is 71.9 Å². The number of pyridine rings is 6. The first-order valence-corrected chi connectivity index (χ1v) is 39.2. The van der Waals surface area contributed by atoms with E-state index in [9.17, 15) is 102 Å². The summed E-state index contributed by atoms with van der Waals surface area (Å²) in [5.41, 5.74) is 7.56. The zero-order valence-electron chi connectivity index (χ0n) is 69.5. The van der Waals surface area contributed by atoms with Crippen molar-refractivity contribution >= 4 is 123 Å². The zero-order valence-corrected chi connectivity index (χ0v) is 69.5. The third kappa shape index (κ3) is 34.4. The Bertz CT molecular complexity index is 4810. The largest absolute Gasteiger partial charge is 0.394 e. The fraction of sp³-hybridized carbons (Fsp3) is 0.400. The maximum Gasteiger partial charge on any atom is 0.253 e. The number of carbonyl (C=O) groups is 18. The summed E-state index contributed by atoms with van der Waals surface area (Å²) in [4.78, 5) is 256. The van der Waals surface area contributed by atoms with Crippen molar-refractivity contribution < 1.29 is 102 Å². The van der Waals surface area contributed by atoms with Gasteiger partial charge in [-0.3, -0.25) is 116 Å². The Kier molecular flexibility index (Phi) is 39.5. The van der Waals surface area contributed by atoms with E-state index in [-0.39, 0.29) is 90.2 Å². The lowest BCUT2D eigenvalue weighted by Gasteiger charge is -2.20. The smallest absolute Gasteiger partial charge is 0.253 e. The summed E-state index contributed by atoms with van der Waals surface area (Å²) in [6.45, 7) is 7.32. The molecule has 0 saturated heterocycles. The second-order valence-electron chi connectivity index (χ2n) is 29.1. The number of carbonyl (C=O) groups excluding carboxylic acids is 18. The molecule has 8 atom stereocenters. The molecule has 0 saturated carbocycles. The number of unbranched alkanes of at least 4 members (excludes halogenated alkanes) is 1. The number of anilines is 3. The van der Waals surface area contributed by atoms with Crippen LogP contribution in [0.2, 0.25) is 0 Å². The molecule has 0 aromatic carbocycles. The highest BCUT2D eigenvalue weighted by Crippen LogP contribution is 2.22. The van der Waals surface area contributed by atoms with Crippen molar-refractivity contribution in [3.63, 3.8) is 0 Å². The van der Waals surface area contributed by atoms with Crippen molar-refractivity contribution in [3.05, 3.63) is 127 Å². The molecule has 0 bridgehead atoms. The van der Waals surface area contributed by atoms with Crippen LogP contribution < -0.4 is 96.1 Å². The van der Waals surface area contributed by atoms with Gasteiger partial charge in [0.1, 0.15) is 42.3 Å². The van der Waals surface area contributed by atoms with Crippen molar-refractivity contribution in [2.45, 2.75) is 136 Å². The molecule has 45 heteroatoms. The Morgan fingerprint density at radius 1 is 0.336 bits per heavy atom. The molecule has 45 nitrogen and oxygen atoms in total. The Balaban J connectivity index is 1.01. The van der Waals surface area contributed by atoms with Crippen molar-refractivity contribution in [2.24, 2.45) is 17.6 Å². The first-order valence-electron chi connectivity index (χ1n) is 39.2. The zero-order chi connectivity index (χ0) is 92.0. The molecule has 0 aliphatic rings. The molecule has 668 valence electrons. The van der Waals surface area contributed by atoms with Gasteiger partial charge >= 0.3 is 0 Å². The van der Waals surface area contributed by atoms with E-state index >= 15 is 0 Å². The van der Waals surface area contributed by atoms with Gasteiger partial charge in [0.2, 0.25) is 88.6 Å². The van der Waals surface area contributed by atoms with Gasteiger partial charge in [-0.1, -0.05) is 27.7 Å². The molecular weight excluding hydrogens is 1630 g/mol. The number of aliphatic hydroxyl groups excluding tert-OH is 3. The summed E-state index contributed by atoms with van der Waals surface area (Å²) in [6.07, 6.45) is 6.81. The number of nitrogens with zero attached hydrogens (tertiary/aromatic N) is 6. The summed E-state index contributed by atoms with van der Waals surface area (Å²) in [6, 6.07) is 8.43. The number of aliphatic hydroxyl groups is 3. The van der Waals surface area contributed by atoms with E-state index in [1.54, 1.807) is 12.1 Å². The highest BCUT2D eigenvalue weighted by Gasteiger charge is 2.31. The first-order chi connectivity index (χ1) is 59.4. The van der Waals surface area contributed by atoms with Crippen molar-refractivity contribution in [1.29, 1.82) is 0 Å². The molecule has 22 N–H and O–H groups in total. The maximum absolute atomic E-state index is 13.8. The Morgan fingerprint density at radius 2 is 0.664 bits per heavy atom. The third-order valence-electron chi connectivity index (χ3n) is 17.7. The van der Waals surface area contributed by atoms with Gasteiger partial charge in [-0.05, 0) is 131 Å². The van der Waals surface area contributed by atoms with Crippen molar-refractivity contribution in [1.82, 2.24) is 104 Å². The van der Waals surface area contributed by atoms with E-state index in [1.807, 2.05) is 27.7 Å². The van der Waals surface area contributed by atoms with Crippen LogP contribution in [0.25, 0.3) is 34.2 Å². The molecule has 6 heterocycles. The van der Waals surface area contributed by atoms with E-state index in [0.29, 0.717) is 41.3 Å². The van der Waals surface area contributed by atoms with Gasteiger partial charge in [-0.25, -0.2) is 0 Å². The molecular formula is C80H102N24O21. The Hall–Kier alpha value is -14.8. The van der Waals surface area contributed by atoms with Crippen LogP contribution in [0.5, 0.6) is 0 Å². The van der Waals surface area contributed by atoms with Gasteiger partial charge in [0, 0.05) is 39.0 Å². The van der Waals surface area contributed by atoms with E-state index in [4.69, 9.17) is 5.73 Å². The highest BCUT2D eigenvalue weighted by molar-refractivity contribution is 6.03.